The van der Waals surface area contributed by atoms with Gasteiger partial charge in [0, 0.05) is 26.3 Å². The summed E-state index contributed by atoms with van der Waals surface area (Å²) >= 11 is 0. The number of nitrogens with zero attached hydrogens (tertiary/aromatic N) is 5. The molecule has 134 valence electrons. The molecule has 0 amide bonds. The number of hydrogen-bond donors (Lipinski definition) is 0. The second-order valence-electron chi connectivity index (χ2n) is 6.23. The Kier molecular flexibility index (Phi) is 4.41. The molecule has 0 aliphatic heterocycles. The van der Waals surface area contributed by atoms with Crippen molar-refractivity contribution >= 4 is 16.9 Å². The van der Waals surface area contributed by atoms with E-state index in [1.54, 1.807) is 24.4 Å². The lowest BCUT2D eigenvalue weighted by molar-refractivity contribution is 0.0950. The van der Waals surface area contributed by atoms with Crippen molar-refractivity contribution in [2.45, 2.75) is 19.9 Å². The Hall–Kier alpha value is -3.29. The van der Waals surface area contributed by atoms with Crippen LogP contribution in [0.3, 0.4) is 0 Å². The lowest BCUT2D eigenvalue weighted by atomic mass is 10.2. The van der Waals surface area contributed by atoms with Gasteiger partial charge in [0.1, 0.15) is 16.8 Å². The lowest BCUT2D eigenvalue weighted by Crippen LogP contribution is -2.37. The number of aryl methyl sites for hydroxylation is 1. The Balaban J connectivity index is 2.24. The van der Waals surface area contributed by atoms with Crippen LogP contribution in [-0.4, -0.2) is 30.6 Å². The minimum Gasteiger partial charge on any atom is -0.280 e. The molecule has 0 saturated heterocycles. The summed E-state index contributed by atoms with van der Waals surface area (Å²) in [5.41, 5.74) is -0.146. The second kappa shape index (κ2) is 6.55. The molecule has 0 radical (unpaired) electrons. The number of fused-ring (bicyclic) bond motifs is 1. The van der Waals surface area contributed by atoms with Crippen LogP contribution in [0.25, 0.3) is 11.0 Å². The smallest absolute Gasteiger partial charge is 0.280 e. The van der Waals surface area contributed by atoms with Gasteiger partial charge in [0.2, 0.25) is 0 Å². The molecule has 26 heavy (non-hydrogen) atoms. The van der Waals surface area contributed by atoms with Crippen LogP contribution in [0.1, 0.15) is 24.3 Å². The predicted octanol–water partition coefficient (Wildman–Crippen LogP) is 0.431. The van der Waals surface area contributed by atoms with Crippen molar-refractivity contribution in [2.24, 2.45) is 19.1 Å². The standard InChI is InChI=1S/C18H19N5O3/c1-11(2)19-14-7-5-6-10-23(14)17(25)13-9-8-12-15(20-13)21(3)18(26)22(4)16(12)24/h5-11H,1-4H3. The Morgan fingerprint density at radius 3 is 2.50 bits per heavy atom. The van der Waals surface area contributed by atoms with Crippen molar-refractivity contribution in [3.8, 4) is 0 Å². The van der Waals surface area contributed by atoms with Gasteiger partial charge in [-0.1, -0.05) is 6.07 Å². The fourth-order valence-corrected chi connectivity index (χ4v) is 2.67. The Bertz CT molecular complexity index is 1200. The molecule has 0 saturated carbocycles. The topological polar surface area (TPSA) is 91.3 Å². The second-order valence-corrected chi connectivity index (χ2v) is 6.23. The summed E-state index contributed by atoms with van der Waals surface area (Å²) in [7, 11) is 2.92. The van der Waals surface area contributed by atoms with Gasteiger partial charge in [0.25, 0.3) is 11.5 Å². The maximum atomic E-state index is 12.9. The van der Waals surface area contributed by atoms with Gasteiger partial charge in [0.15, 0.2) is 0 Å². The molecule has 0 spiro atoms. The van der Waals surface area contributed by atoms with Crippen LogP contribution in [-0.2, 0) is 14.1 Å². The molecule has 0 atom stereocenters. The summed E-state index contributed by atoms with van der Waals surface area (Å²) in [6.07, 6.45) is 1.61. The Morgan fingerprint density at radius 1 is 1.08 bits per heavy atom. The van der Waals surface area contributed by atoms with Crippen molar-refractivity contribution in [3.63, 3.8) is 0 Å². The molecule has 8 nitrogen and oxygen atoms in total. The first kappa shape index (κ1) is 17.5. The number of aromatic nitrogens is 4. The largest absolute Gasteiger partial charge is 0.332 e. The van der Waals surface area contributed by atoms with Crippen molar-refractivity contribution in [1.82, 2.24) is 18.7 Å². The van der Waals surface area contributed by atoms with E-state index in [0.717, 1.165) is 4.57 Å². The molecule has 3 rings (SSSR count). The van der Waals surface area contributed by atoms with E-state index in [9.17, 15) is 14.4 Å². The molecule has 0 aromatic carbocycles. The summed E-state index contributed by atoms with van der Waals surface area (Å²) in [5, 5.41) is 0.274. The average Bonchev–Trinajstić information content (AvgIpc) is 2.63. The maximum Gasteiger partial charge on any atom is 0.332 e. The van der Waals surface area contributed by atoms with E-state index in [1.807, 2.05) is 13.8 Å². The van der Waals surface area contributed by atoms with Crippen molar-refractivity contribution in [2.75, 3.05) is 0 Å². The van der Waals surface area contributed by atoms with E-state index < -0.39 is 11.2 Å². The van der Waals surface area contributed by atoms with Crippen molar-refractivity contribution < 1.29 is 4.79 Å². The lowest BCUT2D eigenvalue weighted by Gasteiger charge is -2.09. The molecule has 0 N–H and O–H groups in total. The zero-order valence-electron chi connectivity index (χ0n) is 15.0. The van der Waals surface area contributed by atoms with Crippen molar-refractivity contribution in [1.29, 1.82) is 0 Å². The predicted molar refractivity (Wildman–Crippen MR) is 97.1 cm³/mol. The first-order chi connectivity index (χ1) is 12.3. The number of carbonyl (C=O) groups excluding carboxylic acids is 1. The molecule has 0 fully saturated rings. The molecule has 0 bridgehead atoms. The van der Waals surface area contributed by atoms with E-state index in [4.69, 9.17) is 0 Å². The normalized spacial score (nSPS) is 12.1. The van der Waals surface area contributed by atoms with E-state index >= 15 is 0 Å². The third kappa shape index (κ3) is 2.90. The summed E-state index contributed by atoms with van der Waals surface area (Å²) in [5.74, 6) is -0.389. The van der Waals surface area contributed by atoms with Crippen LogP contribution in [0.5, 0.6) is 0 Å². The SMILES string of the molecule is CC(C)N=c1ccccn1C(=O)c1ccc2c(=O)n(C)c(=O)n(C)c2n1. The monoisotopic (exact) mass is 353 g/mol. The van der Waals surface area contributed by atoms with Gasteiger partial charge in [-0.2, -0.15) is 0 Å². The number of rotatable bonds is 2. The van der Waals surface area contributed by atoms with E-state index in [2.05, 4.69) is 9.98 Å². The molecule has 0 unspecified atom stereocenters. The molecular formula is C18H19N5O3. The molecule has 0 aliphatic carbocycles. The first-order valence-corrected chi connectivity index (χ1v) is 8.14. The van der Waals surface area contributed by atoms with Crippen LogP contribution in [0.4, 0.5) is 0 Å². The van der Waals surface area contributed by atoms with Crippen molar-refractivity contribution in [3.05, 3.63) is 68.5 Å². The van der Waals surface area contributed by atoms with Crippen LogP contribution >= 0.6 is 0 Å². The molecule has 3 aromatic heterocycles. The number of pyridine rings is 2. The van der Waals surface area contributed by atoms with E-state index in [0.29, 0.717) is 5.49 Å². The third-order valence-electron chi connectivity index (χ3n) is 3.97. The highest BCUT2D eigenvalue weighted by Crippen LogP contribution is 2.07. The zero-order valence-corrected chi connectivity index (χ0v) is 15.0. The molecule has 3 aromatic rings. The quantitative estimate of drug-likeness (QED) is 0.668. The number of hydrogen-bond acceptors (Lipinski definition) is 5. The van der Waals surface area contributed by atoms with Gasteiger partial charge in [-0.25, -0.2) is 9.78 Å². The average molecular weight is 353 g/mol. The van der Waals surface area contributed by atoms with Gasteiger partial charge < -0.3 is 0 Å². The zero-order chi connectivity index (χ0) is 19.0. The number of carbonyl (C=O) groups is 1. The fraction of sp³-hybridized carbons (Fsp3) is 0.278. The first-order valence-electron chi connectivity index (χ1n) is 8.14. The molecule has 0 aliphatic rings. The molecular weight excluding hydrogens is 334 g/mol. The van der Waals surface area contributed by atoms with Gasteiger partial charge in [-0.3, -0.25) is 28.3 Å². The minimum atomic E-state index is -0.498. The van der Waals surface area contributed by atoms with Gasteiger partial charge in [-0.15, -0.1) is 0 Å². The molecule has 8 heteroatoms. The summed E-state index contributed by atoms with van der Waals surface area (Å²) in [6, 6.07) is 8.28. The highest BCUT2D eigenvalue weighted by molar-refractivity contribution is 5.95. The van der Waals surface area contributed by atoms with Gasteiger partial charge >= 0.3 is 5.69 Å². The fourth-order valence-electron chi connectivity index (χ4n) is 2.67. The summed E-state index contributed by atoms with van der Waals surface area (Å²) < 4.78 is 3.66. The third-order valence-corrected chi connectivity index (χ3v) is 3.97. The summed E-state index contributed by atoms with van der Waals surface area (Å²) in [4.78, 5) is 46.0. The maximum absolute atomic E-state index is 12.9. The Morgan fingerprint density at radius 2 is 1.81 bits per heavy atom. The highest BCUT2D eigenvalue weighted by Gasteiger charge is 2.15. The minimum absolute atomic E-state index is 0.0184. The van der Waals surface area contributed by atoms with Gasteiger partial charge in [0.05, 0.1) is 5.39 Å². The van der Waals surface area contributed by atoms with Gasteiger partial charge in [-0.05, 0) is 38.1 Å². The van der Waals surface area contributed by atoms with Crippen LogP contribution in [0, 0.1) is 0 Å². The van der Waals surface area contributed by atoms with Crippen LogP contribution < -0.4 is 16.7 Å². The van der Waals surface area contributed by atoms with E-state index in [-0.39, 0.29) is 28.7 Å². The van der Waals surface area contributed by atoms with Crippen LogP contribution in [0.2, 0.25) is 0 Å². The summed E-state index contributed by atoms with van der Waals surface area (Å²) in [6.45, 7) is 3.84. The molecule has 3 heterocycles. The Labute approximate surface area is 148 Å². The highest BCUT2D eigenvalue weighted by atomic mass is 16.2. The van der Waals surface area contributed by atoms with E-state index in [1.165, 1.54) is 35.4 Å². The van der Waals surface area contributed by atoms with Crippen LogP contribution in [0.15, 0.2) is 51.1 Å².